The van der Waals surface area contributed by atoms with Crippen LogP contribution in [-0.4, -0.2) is 23.7 Å². The van der Waals surface area contributed by atoms with Crippen molar-refractivity contribution in [2.24, 2.45) is 0 Å². The Morgan fingerprint density at radius 1 is 1.32 bits per heavy atom. The van der Waals surface area contributed by atoms with E-state index in [0.29, 0.717) is 5.92 Å². The molecule has 4 heteroatoms. The molecule has 19 heavy (non-hydrogen) atoms. The van der Waals surface area contributed by atoms with Crippen molar-refractivity contribution in [1.29, 1.82) is 0 Å². The monoisotopic (exact) mass is 257 g/mol. The molecule has 1 atom stereocenters. The highest BCUT2D eigenvalue weighted by Crippen LogP contribution is 2.31. The number of rotatable bonds is 4. The summed E-state index contributed by atoms with van der Waals surface area (Å²) in [5.41, 5.74) is 2.90. The lowest BCUT2D eigenvalue weighted by molar-refractivity contribution is 0.366. The maximum Gasteiger partial charge on any atom is 0.227 e. The summed E-state index contributed by atoms with van der Waals surface area (Å²) in [5.74, 6) is 2.02. The Labute approximate surface area is 113 Å². The molecule has 0 amide bonds. The smallest absolute Gasteiger partial charge is 0.227 e. The van der Waals surface area contributed by atoms with Crippen molar-refractivity contribution < 1.29 is 4.52 Å². The SMILES string of the molecule is CNCCc1nc(C2CCc3ccccc3C2)no1. The summed E-state index contributed by atoms with van der Waals surface area (Å²) in [7, 11) is 1.93. The van der Waals surface area contributed by atoms with Gasteiger partial charge in [0.25, 0.3) is 0 Å². The van der Waals surface area contributed by atoms with Crippen LogP contribution in [0.5, 0.6) is 0 Å². The quantitative estimate of drug-likeness (QED) is 0.911. The predicted octanol–water partition coefficient (Wildman–Crippen LogP) is 2.10. The van der Waals surface area contributed by atoms with Crippen LogP contribution in [0, 0.1) is 0 Å². The highest BCUT2D eigenvalue weighted by Gasteiger charge is 2.23. The third-order valence-electron chi connectivity index (χ3n) is 3.78. The Balaban J connectivity index is 1.72. The highest BCUT2D eigenvalue weighted by atomic mass is 16.5. The average Bonchev–Trinajstić information content (AvgIpc) is 2.93. The van der Waals surface area contributed by atoms with Crippen molar-refractivity contribution in [3.63, 3.8) is 0 Å². The molecule has 0 bridgehead atoms. The van der Waals surface area contributed by atoms with E-state index in [9.17, 15) is 0 Å². The molecule has 100 valence electrons. The predicted molar refractivity (Wildman–Crippen MR) is 73.1 cm³/mol. The van der Waals surface area contributed by atoms with Crippen molar-refractivity contribution in [1.82, 2.24) is 15.5 Å². The summed E-state index contributed by atoms with van der Waals surface area (Å²) >= 11 is 0. The van der Waals surface area contributed by atoms with Gasteiger partial charge in [-0.2, -0.15) is 4.98 Å². The molecule has 1 unspecified atom stereocenters. The second-order valence-electron chi connectivity index (χ2n) is 5.11. The molecular weight excluding hydrogens is 238 g/mol. The van der Waals surface area contributed by atoms with E-state index >= 15 is 0 Å². The summed E-state index contributed by atoms with van der Waals surface area (Å²) in [6, 6.07) is 8.66. The van der Waals surface area contributed by atoms with Gasteiger partial charge in [-0.1, -0.05) is 29.4 Å². The third-order valence-corrected chi connectivity index (χ3v) is 3.78. The van der Waals surface area contributed by atoms with E-state index in [1.165, 1.54) is 11.1 Å². The zero-order valence-electron chi connectivity index (χ0n) is 11.2. The van der Waals surface area contributed by atoms with Crippen molar-refractivity contribution in [3.8, 4) is 0 Å². The summed E-state index contributed by atoms with van der Waals surface area (Å²) in [6.45, 7) is 0.870. The number of likely N-dealkylation sites (N-methyl/N-ethyl adjacent to an activating group) is 1. The number of nitrogens with one attached hydrogen (secondary N) is 1. The normalized spacial score (nSPS) is 18.3. The topological polar surface area (TPSA) is 51.0 Å². The zero-order chi connectivity index (χ0) is 13.1. The number of fused-ring (bicyclic) bond motifs is 1. The number of nitrogens with zero attached hydrogens (tertiary/aromatic N) is 2. The summed E-state index contributed by atoms with van der Waals surface area (Å²) in [5, 5.41) is 7.24. The molecule has 1 heterocycles. The molecule has 1 aromatic carbocycles. The molecular formula is C15H19N3O. The van der Waals surface area contributed by atoms with Gasteiger partial charge < -0.3 is 9.84 Å². The molecule has 1 N–H and O–H groups in total. The zero-order valence-corrected chi connectivity index (χ0v) is 11.2. The van der Waals surface area contributed by atoms with Gasteiger partial charge in [-0.15, -0.1) is 0 Å². The maximum absolute atomic E-state index is 5.31. The van der Waals surface area contributed by atoms with Crippen LogP contribution in [0.15, 0.2) is 28.8 Å². The van der Waals surface area contributed by atoms with Crippen LogP contribution >= 0.6 is 0 Å². The fourth-order valence-electron chi connectivity index (χ4n) is 2.69. The number of aryl methyl sites for hydroxylation is 1. The van der Waals surface area contributed by atoms with E-state index in [0.717, 1.165) is 43.9 Å². The Kier molecular flexibility index (Phi) is 3.60. The molecule has 0 fully saturated rings. The first kappa shape index (κ1) is 12.4. The minimum absolute atomic E-state index is 0.405. The van der Waals surface area contributed by atoms with Gasteiger partial charge in [-0.3, -0.25) is 0 Å². The Bertz CT molecular complexity index is 550. The molecule has 1 aromatic heterocycles. The van der Waals surface area contributed by atoms with Crippen LogP contribution in [0.25, 0.3) is 0 Å². The van der Waals surface area contributed by atoms with E-state index < -0.39 is 0 Å². The molecule has 0 saturated carbocycles. The molecule has 0 spiro atoms. The third kappa shape index (κ3) is 2.68. The van der Waals surface area contributed by atoms with Crippen molar-refractivity contribution in [2.45, 2.75) is 31.6 Å². The van der Waals surface area contributed by atoms with Crippen molar-refractivity contribution in [3.05, 3.63) is 47.1 Å². The van der Waals surface area contributed by atoms with Gasteiger partial charge in [0.1, 0.15) is 0 Å². The molecule has 1 aliphatic rings. The van der Waals surface area contributed by atoms with Crippen LogP contribution in [0.3, 0.4) is 0 Å². The molecule has 0 aliphatic heterocycles. The summed E-state index contributed by atoms with van der Waals surface area (Å²) in [6.07, 6.45) is 4.05. The number of hydrogen-bond acceptors (Lipinski definition) is 4. The van der Waals surface area contributed by atoms with Gasteiger partial charge in [0.05, 0.1) is 0 Å². The van der Waals surface area contributed by atoms with E-state index in [2.05, 4.69) is 39.7 Å². The number of aromatic nitrogens is 2. The molecule has 3 rings (SSSR count). The largest absolute Gasteiger partial charge is 0.339 e. The van der Waals surface area contributed by atoms with Gasteiger partial charge in [-0.05, 0) is 37.4 Å². The Hall–Kier alpha value is -1.68. The van der Waals surface area contributed by atoms with Gasteiger partial charge in [0.2, 0.25) is 5.89 Å². The van der Waals surface area contributed by atoms with Gasteiger partial charge in [-0.25, -0.2) is 0 Å². The van der Waals surface area contributed by atoms with Gasteiger partial charge >= 0.3 is 0 Å². The fraction of sp³-hybridized carbons (Fsp3) is 0.467. The first-order valence-corrected chi connectivity index (χ1v) is 6.90. The second-order valence-corrected chi connectivity index (χ2v) is 5.11. The lowest BCUT2D eigenvalue weighted by Crippen LogP contribution is -2.14. The van der Waals surface area contributed by atoms with Crippen LogP contribution < -0.4 is 5.32 Å². The molecule has 2 aromatic rings. The van der Waals surface area contributed by atoms with E-state index in [-0.39, 0.29) is 0 Å². The lowest BCUT2D eigenvalue weighted by Gasteiger charge is -2.21. The highest BCUT2D eigenvalue weighted by molar-refractivity contribution is 5.31. The van der Waals surface area contributed by atoms with Gasteiger partial charge in [0, 0.05) is 18.9 Å². The van der Waals surface area contributed by atoms with Crippen LogP contribution in [0.1, 0.15) is 35.2 Å². The second kappa shape index (κ2) is 5.53. The minimum atomic E-state index is 0.405. The van der Waals surface area contributed by atoms with Crippen molar-refractivity contribution >= 4 is 0 Å². The average molecular weight is 257 g/mol. The van der Waals surface area contributed by atoms with E-state index in [4.69, 9.17) is 4.52 Å². The van der Waals surface area contributed by atoms with Crippen molar-refractivity contribution in [2.75, 3.05) is 13.6 Å². The molecule has 4 nitrogen and oxygen atoms in total. The number of hydrogen-bond donors (Lipinski definition) is 1. The number of benzene rings is 1. The Morgan fingerprint density at radius 2 is 2.16 bits per heavy atom. The van der Waals surface area contributed by atoms with E-state index in [1.807, 2.05) is 7.05 Å². The van der Waals surface area contributed by atoms with E-state index in [1.54, 1.807) is 0 Å². The Morgan fingerprint density at radius 3 is 3.00 bits per heavy atom. The van der Waals surface area contributed by atoms with Crippen LogP contribution in [-0.2, 0) is 19.3 Å². The van der Waals surface area contributed by atoms with Crippen LogP contribution in [0.2, 0.25) is 0 Å². The molecule has 0 radical (unpaired) electrons. The van der Waals surface area contributed by atoms with Gasteiger partial charge in [0.15, 0.2) is 5.82 Å². The molecule has 1 aliphatic carbocycles. The first-order chi connectivity index (χ1) is 9.36. The first-order valence-electron chi connectivity index (χ1n) is 6.90. The summed E-state index contributed by atoms with van der Waals surface area (Å²) in [4.78, 5) is 4.53. The van der Waals surface area contributed by atoms with Crippen LogP contribution in [0.4, 0.5) is 0 Å². The standard InChI is InChI=1S/C15H19N3O/c1-16-9-8-14-17-15(18-19-14)13-7-6-11-4-2-3-5-12(11)10-13/h2-5,13,16H,6-10H2,1H3. The lowest BCUT2D eigenvalue weighted by atomic mass is 9.83. The minimum Gasteiger partial charge on any atom is -0.339 e. The maximum atomic E-state index is 5.31. The fourth-order valence-corrected chi connectivity index (χ4v) is 2.69. The summed E-state index contributed by atoms with van der Waals surface area (Å²) < 4.78 is 5.31. The molecule has 0 saturated heterocycles.